The van der Waals surface area contributed by atoms with Gasteiger partial charge in [0, 0.05) is 6.92 Å². The van der Waals surface area contributed by atoms with E-state index in [1.807, 2.05) is 24.3 Å². The second-order valence-electron chi connectivity index (χ2n) is 4.49. The Morgan fingerprint density at radius 1 is 1.12 bits per heavy atom. The lowest BCUT2D eigenvalue weighted by Gasteiger charge is -2.13. The van der Waals surface area contributed by atoms with E-state index >= 15 is 0 Å². The summed E-state index contributed by atoms with van der Waals surface area (Å²) in [6, 6.07) is 12.1. The number of ether oxygens (including phenoxy) is 1. The van der Waals surface area contributed by atoms with Gasteiger partial charge in [0.1, 0.15) is 5.75 Å². The Labute approximate surface area is 101 Å². The molecule has 2 heteroatoms. The van der Waals surface area contributed by atoms with E-state index in [0.29, 0.717) is 11.7 Å². The fraction of sp³-hybridized carbons (Fsp3) is 0.267. The molecule has 0 aliphatic rings. The van der Waals surface area contributed by atoms with Crippen LogP contribution in [0.1, 0.15) is 32.3 Å². The molecule has 2 aromatic carbocycles. The van der Waals surface area contributed by atoms with E-state index < -0.39 is 0 Å². The summed E-state index contributed by atoms with van der Waals surface area (Å²) in [7, 11) is 0. The fourth-order valence-corrected chi connectivity index (χ4v) is 1.93. The van der Waals surface area contributed by atoms with Gasteiger partial charge >= 0.3 is 5.97 Å². The smallest absolute Gasteiger partial charge is 0.308 e. The summed E-state index contributed by atoms with van der Waals surface area (Å²) in [5.74, 6) is 0.724. The monoisotopic (exact) mass is 228 g/mol. The summed E-state index contributed by atoms with van der Waals surface area (Å²) in [5.41, 5.74) is 1.07. The lowest BCUT2D eigenvalue weighted by molar-refractivity contribution is -0.131. The Morgan fingerprint density at radius 3 is 2.24 bits per heavy atom. The van der Waals surface area contributed by atoms with Crippen molar-refractivity contribution in [2.24, 2.45) is 0 Å². The molecule has 0 bridgehead atoms. The zero-order valence-electron chi connectivity index (χ0n) is 10.4. The molecule has 0 unspecified atom stereocenters. The minimum Gasteiger partial charge on any atom is -0.426 e. The van der Waals surface area contributed by atoms with Crippen LogP contribution in [0.4, 0.5) is 0 Å². The van der Waals surface area contributed by atoms with Crippen LogP contribution in [0.2, 0.25) is 0 Å². The third-order valence-electron chi connectivity index (χ3n) is 2.75. The molecule has 0 aliphatic carbocycles. The average molecular weight is 228 g/mol. The van der Waals surface area contributed by atoms with Gasteiger partial charge in [0.2, 0.25) is 0 Å². The molecule has 0 saturated carbocycles. The van der Waals surface area contributed by atoms with E-state index in [1.165, 1.54) is 12.3 Å². The van der Waals surface area contributed by atoms with E-state index in [2.05, 4.69) is 26.0 Å². The molecule has 0 atom stereocenters. The summed E-state index contributed by atoms with van der Waals surface area (Å²) in [4.78, 5) is 11.1. The largest absolute Gasteiger partial charge is 0.426 e. The van der Waals surface area contributed by atoms with Crippen LogP contribution in [0, 0.1) is 0 Å². The average Bonchev–Trinajstić information content (AvgIpc) is 2.27. The predicted molar refractivity (Wildman–Crippen MR) is 69.3 cm³/mol. The maximum atomic E-state index is 11.1. The SMILES string of the molecule is CC(=O)Oc1cc2ccccc2cc1C(C)C. The normalized spacial score (nSPS) is 10.8. The molecule has 2 nitrogen and oxygen atoms in total. The van der Waals surface area contributed by atoms with Gasteiger partial charge in [0.15, 0.2) is 0 Å². The molecule has 0 fully saturated rings. The third kappa shape index (κ3) is 2.47. The minimum absolute atomic E-state index is 0.276. The van der Waals surface area contributed by atoms with Crippen molar-refractivity contribution in [2.45, 2.75) is 26.7 Å². The summed E-state index contributed by atoms with van der Waals surface area (Å²) >= 11 is 0. The summed E-state index contributed by atoms with van der Waals surface area (Å²) in [6.07, 6.45) is 0. The van der Waals surface area contributed by atoms with Gasteiger partial charge in [0.05, 0.1) is 0 Å². The summed E-state index contributed by atoms with van der Waals surface area (Å²) in [5, 5.41) is 2.26. The molecule has 0 saturated heterocycles. The Bertz CT molecular complexity index is 556. The highest BCUT2D eigenvalue weighted by atomic mass is 16.5. The third-order valence-corrected chi connectivity index (χ3v) is 2.75. The Balaban J connectivity index is 2.61. The van der Waals surface area contributed by atoms with E-state index in [4.69, 9.17) is 4.74 Å². The molecule has 0 N–H and O–H groups in total. The number of carbonyl (C=O) groups excluding carboxylic acids is 1. The molecular weight excluding hydrogens is 212 g/mol. The van der Waals surface area contributed by atoms with Crippen LogP contribution in [0.3, 0.4) is 0 Å². The molecule has 0 amide bonds. The first kappa shape index (κ1) is 11.6. The molecule has 0 heterocycles. The first-order valence-electron chi connectivity index (χ1n) is 5.79. The molecule has 0 spiro atoms. The van der Waals surface area contributed by atoms with Crippen LogP contribution in [0.5, 0.6) is 5.75 Å². The number of hydrogen-bond acceptors (Lipinski definition) is 2. The van der Waals surface area contributed by atoms with Gasteiger partial charge in [-0.25, -0.2) is 0 Å². The first-order chi connectivity index (χ1) is 8.08. The standard InChI is InChI=1S/C15H16O2/c1-10(2)14-8-12-6-4-5-7-13(12)9-15(14)17-11(3)16/h4-10H,1-3H3. The second-order valence-corrected chi connectivity index (χ2v) is 4.49. The van der Waals surface area contributed by atoms with E-state index in [-0.39, 0.29) is 5.97 Å². The minimum atomic E-state index is -0.276. The van der Waals surface area contributed by atoms with Crippen molar-refractivity contribution in [1.82, 2.24) is 0 Å². The molecule has 0 aromatic heterocycles. The van der Waals surface area contributed by atoms with Crippen LogP contribution in [0.15, 0.2) is 36.4 Å². The number of hydrogen-bond donors (Lipinski definition) is 0. The van der Waals surface area contributed by atoms with Crippen LogP contribution in [-0.2, 0) is 4.79 Å². The topological polar surface area (TPSA) is 26.3 Å². The molecular formula is C15H16O2. The van der Waals surface area contributed by atoms with Crippen LogP contribution in [-0.4, -0.2) is 5.97 Å². The zero-order chi connectivity index (χ0) is 12.4. The first-order valence-corrected chi connectivity index (χ1v) is 5.79. The molecule has 2 rings (SSSR count). The highest BCUT2D eigenvalue weighted by Crippen LogP contribution is 2.31. The van der Waals surface area contributed by atoms with E-state index in [1.54, 1.807) is 0 Å². The van der Waals surface area contributed by atoms with Crippen molar-refractivity contribution >= 4 is 16.7 Å². The Morgan fingerprint density at radius 2 is 1.71 bits per heavy atom. The van der Waals surface area contributed by atoms with Crippen LogP contribution >= 0.6 is 0 Å². The van der Waals surface area contributed by atoms with Crippen LogP contribution < -0.4 is 4.74 Å². The number of rotatable bonds is 2. The lowest BCUT2D eigenvalue weighted by Crippen LogP contribution is -2.04. The number of fused-ring (bicyclic) bond motifs is 1. The van der Waals surface area contributed by atoms with Gasteiger partial charge < -0.3 is 4.74 Å². The van der Waals surface area contributed by atoms with Crippen molar-refractivity contribution in [3.8, 4) is 5.75 Å². The van der Waals surface area contributed by atoms with Crippen molar-refractivity contribution in [3.05, 3.63) is 42.0 Å². The summed E-state index contributed by atoms with van der Waals surface area (Å²) in [6.45, 7) is 5.62. The van der Waals surface area contributed by atoms with Gasteiger partial charge in [0.25, 0.3) is 0 Å². The van der Waals surface area contributed by atoms with E-state index in [0.717, 1.165) is 10.9 Å². The van der Waals surface area contributed by atoms with Gasteiger partial charge in [-0.2, -0.15) is 0 Å². The fourth-order valence-electron chi connectivity index (χ4n) is 1.93. The second kappa shape index (κ2) is 4.58. The molecule has 17 heavy (non-hydrogen) atoms. The predicted octanol–water partition coefficient (Wildman–Crippen LogP) is 3.89. The number of carbonyl (C=O) groups is 1. The van der Waals surface area contributed by atoms with Crippen molar-refractivity contribution in [1.29, 1.82) is 0 Å². The molecule has 88 valence electrons. The zero-order valence-corrected chi connectivity index (χ0v) is 10.4. The maximum absolute atomic E-state index is 11.1. The summed E-state index contributed by atoms with van der Waals surface area (Å²) < 4.78 is 5.28. The Hall–Kier alpha value is -1.83. The highest BCUT2D eigenvalue weighted by molar-refractivity contribution is 5.86. The van der Waals surface area contributed by atoms with Crippen molar-refractivity contribution in [2.75, 3.05) is 0 Å². The quantitative estimate of drug-likeness (QED) is 0.575. The van der Waals surface area contributed by atoms with Crippen molar-refractivity contribution in [3.63, 3.8) is 0 Å². The van der Waals surface area contributed by atoms with Crippen LogP contribution in [0.25, 0.3) is 10.8 Å². The highest BCUT2D eigenvalue weighted by Gasteiger charge is 2.11. The molecule has 2 aromatic rings. The Kier molecular flexibility index (Phi) is 3.14. The van der Waals surface area contributed by atoms with Gasteiger partial charge in [-0.1, -0.05) is 38.1 Å². The van der Waals surface area contributed by atoms with Gasteiger partial charge in [-0.15, -0.1) is 0 Å². The number of benzene rings is 2. The van der Waals surface area contributed by atoms with E-state index in [9.17, 15) is 4.79 Å². The number of esters is 1. The van der Waals surface area contributed by atoms with Gasteiger partial charge in [-0.3, -0.25) is 4.79 Å². The maximum Gasteiger partial charge on any atom is 0.308 e. The van der Waals surface area contributed by atoms with Crippen molar-refractivity contribution < 1.29 is 9.53 Å². The van der Waals surface area contributed by atoms with Gasteiger partial charge in [-0.05, 0) is 34.4 Å². The lowest BCUT2D eigenvalue weighted by atomic mass is 9.98. The molecule has 0 radical (unpaired) electrons. The molecule has 0 aliphatic heterocycles.